The summed E-state index contributed by atoms with van der Waals surface area (Å²) in [5.74, 6) is -0.275. The highest BCUT2D eigenvalue weighted by Gasteiger charge is 2.21. The summed E-state index contributed by atoms with van der Waals surface area (Å²) in [5.41, 5.74) is -0.669. The number of nitrogens with zero attached hydrogens (tertiary/aromatic N) is 3. The molecular formula is C18H16BrF3N4O. The lowest BCUT2D eigenvalue weighted by Gasteiger charge is -2.19. The van der Waals surface area contributed by atoms with Crippen LogP contribution in [-0.4, -0.2) is 14.5 Å². The van der Waals surface area contributed by atoms with E-state index in [-0.39, 0.29) is 16.6 Å². The molecule has 3 rings (SSSR count). The number of anilines is 1. The van der Waals surface area contributed by atoms with Gasteiger partial charge in [-0.05, 0) is 35.8 Å². The van der Waals surface area contributed by atoms with Crippen LogP contribution >= 0.6 is 15.9 Å². The number of aromatic nitrogens is 3. The molecule has 0 amide bonds. The van der Waals surface area contributed by atoms with E-state index in [4.69, 9.17) is 0 Å². The van der Waals surface area contributed by atoms with E-state index in [0.717, 1.165) is 6.07 Å². The number of hydrogen-bond donors (Lipinski definition) is 1. The highest BCUT2D eigenvalue weighted by Crippen LogP contribution is 2.30. The van der Waals surface area contributed by atoms with Gasteiger partial charge < -0.3 is 9.88 Å². The number of benzene rings is 1. The van der Waals surface area contributed by atoms with E-state index in [1.807, 2.05) is 0 Å². The Morgan fingerprint density at radius 3 is 2.56 bits per heavy atom. The van der Waals surface area contributed by atoms with Crippen molar-refractivity contribution in [3.8, 4) is 0 Å². The van der Waals surface area contributed by atoms with Gasteiger partial charge in [0.2, 0.25) is 0 Å². The maximum absolute atomic E-state index is 14.4. The molecule has 0 aliphatic heterocycles. The molecule has 0 bridgehead atoms. The Bertz CT molecular complexity index is 1080. The van der Waals surface area contributed by atoms with E-state index in [2.05, 4.69) is 31.2 Å². The van der Waals surface area contributed by atoms with Gasteiger partial charge in [-0.2, -0.15) is 0 Å². The van der Waals surface area contributed by atoms with Crippen LogP contribution in [-0.2, 0) is 7.05 Å². The zero-order valence-electron chi connectivity index (χ0n) is 14.7. The number of rotatable bonds is 4. The summed E-state index contributed by atoms with van der Waals surface area (Å²) < 4.78 is 42.3. The van der Waals surface area contributed by atoms with Crippen LogP contribution in [0, 0.1) is 12.7 Å². The minimum absolute atomic E-state index is 0.0834. The van der Waals surface area contributed by atoms with E-state index in [0.29, 0.717) is 21.6 Å². The molecule has 9 heteroatoms. The summed E-state index contributed by atoms with van der Waals surface area (Å²) in [6.07, 6.45) is -2.90. The molecule has 27 heavy (non-hydrogen) atoms. The highest BCUT2D eigenvalue weighted by atomic mass is 79.9. The normalized spacial score (nSPS) is 12.6. The lowest BCUT2D eigenvalue weighted by molar-refractivity contribution is 0.146. The van der Waals surface area contributed by atoms with Crippen LogP contribution in [0.5, 0.6) is 0 Å². The highest BCUT2D eigenvalue weighted by molar-refractivity contribution is 9.10. The Hall–Kier alpha value is -2.42. The minimum atomic E-state index is -2.90. The number of fused-ring (bicyclic) bond motifs is 1. The molecule has 1 atom stereocenters. The fourth-order valence-electron chi connectivity index (χ4n) is 2.82. The quantitative estimate of drug-likeness (QED) is 0.599. The van der Waals surface area contributed by atoms with Crippen molar-refractivity contribution in [1.82, 2.24) is 14.5 Å². The average molecular weight is 441 g/mol. The molecule has 0 saturated heterocycles. The van der Waals surface area contributed by atoms with Crippen LogP contribution in [0.2, 0.25) is 0 Å². The Morgan fingerprint density at radius 1 is 1.22 bits per heavy atom. The van der Waals surface area contributed by atoms with Gasteiger partial charge in [-0.3, -0.25) is 4.79 Å². The first-order valence-electron chi connectivity index (χ1n) is 8.07. The predicted molar refractivity (Wildman–Crippen MR) is 101 cm³/mol. The average Bonchev–Trinajstić information content (AvgIpc) is 2.60. The van der Waals surface area contributed by atoms with Crippen molar-refractivity contribution in [1.29, 1.82) is 0 Å². The van der Waals surface area contributed by atoms with Gasteiger partial charge in [0, 0.05) is 12.6 Å². The predicted octanol–water partition coefficient (Wildman–Crippen LogP) is 4.65. The van der Waals surface area contributed by atoms with E-state index in [1.54, 1.807) is 27.0 Å². The molecule has 0 aliphatic rings. The van der Waals surface area contributed by atoms with Crippen molar-refractivity contribution >= 4 is 32.7 Å². The third kappa shape index (κ3) is 3.55. The van der Waals surface area contributed by atoms with Crippen LogP contribution in [0.15, 0.2) is 33.7 Å². The van der Waals surface area contributed by atoms with E-state index in [9.17, 15) is 18.0 Å². The lowest BCUT2D eigenvalue weighted by Crippen LogP contribution is -2.20. The van der Waals surface area contributed by atoms with Crippen LogP contribution < -0.4 is 10.9 Å². The first-order chi connectivity index (χ1) is 12.7. The zero-order valence-corrected chi connectivity index (χ0v) is 16.3. The van der Waals surface area contributed by atoms with Gasteiger partial charge in [-0.1, -0.05) is 18.2 Å². The maximum atomic E-state index is 14.4. The molecule has 0 unspecified atom stereocenters. The number of halogens is 4. The molecule has 142 valence electrons. The second-order valence-electron chi connectivity index (χ2n) is 6.13. The molecule has 3 aromatic rings. The number of pyridine rings is 1. The van der Waals surface area contributed by atoms with Crippen molar-refractivity contribution in [2.75, 3.05) is 5.32 Å². The van der Waals surface area contributed by atoms with Crippen molar-refractivity contribution in [3.05, 3.63) is 62.0 Å². The molecule has 2 heterocycles. The van der Waals surface area contributed by atoms with E-state index >= 15 is 0 Å². The SMILES string of the molecule is Cc1nc(N[C@H](C)c2cccc(C(F)F)c2F)c2cc(Br)n(C)c(=O)c2n1. The van der Waals surface area contributed by atoms with E-state index in [1.165, 1.54) is 16.7 Å². The van der Waals surface area contributed by atoms with Crippen molar-refractivity contribution in [2.45, 2.75) is 26.3 Å². The maximum Gasteiger partial charge on any atom is 0.277 e. The first-order valence-corrected chi connectivity index (χ1v) is 8.87. The Labute approximate surface area is 161 Å². The van der Waals surface area contributed by atoms with Crippen molar-refractivity contribution < 1.29 is 13.2 Å². The summed E-state index contributed by atoms with van der Waals surface area (Å²) in [5, 5.41) is 3.47. The van der Waals surface area contributed by atoms with Crippen molar-refractivity contribution in [2.24, 2.45) is 7.05 Å². The van der Waals surface area contributed by atoms with E-state index < -0.39 is 23.8 Å². The molecular weight excluding hydrogens is 425 g/mol. The summed E-state index contributed by atoms with van der Waals surface area (Å²) >= 11 is 3.30. The number of hydrogen-bond acceptors (Lipinski definition) is 4. The summed E-state index contributed by atoms with van der Waals surface area (Å²) in [6, 6.07) is 4.89. The topological polar surface area (TPSA) is 59.8 Å². The molecule has 0 radical (unpaired) electrons. The second kappa shape index (κ2) is 7.30. The minimum Gasteiger partial charge on any atom is -0.363 e. The van der Waals surface area contributed by atoms with Crippen LogP contribution in [0.1, 0.15) is 36.3 Å². The first kappa shape index (κ1) is 19.3. The van der Waals surface area contributed by atoms with Gasteiger partial charge in [-0.25, -0.2) is 23.1 Å². The fourth-order valence-corrected chi connectivity index (χ4v) is 3.21. The molecule has 0 aliphatic carbocycles. The molecule has 0 fully saturated rings. The smallest absolute Gasteiger partial charge is 0.277 e. The summed E-state index contributed by atoms with van der Waals surface area (Å²) in [7, 11) is 1.60. The third-order valence-corrected chi connectivity index (χ3v) is 5.02. The molecule has 5 nitrogen and oxygen atoms in total. The lowest BCUT2D eigenvalue weighted by atomic mass is 10.0. The summed E-state index contributed by atoms with van der Waals surface area (Å²) in [6.45, 7) is 3.27. The monoisotopic (exact) mass is 440 g/mol. The van der Waals surface area contributed by atoms with Gasteiger partial charge in [0.1, 0.15) is 23.0 Å². The largest absolute Gasteiger partial charge is 0.363 e. The van der Waals surface area contributed by atoms with Gasteiger partial charge in [0.15, 0.2) is 0 Å². The number of aryl methyl sites for hydroxylation is 1. The summed E-state index contributed by atoms with van der Waals surface area (Å²) in [4.78, 5) is 21.0. The fraction of sp³-hybridized carbons (Fsp3) is 0.278. The van der Waals surface area contributed by atoms with Crippen LogP contribution in [0.4, 0.5) is 19.0 Å². The van der Waals surface area contributed by atoms with Gasteiger partial charge in [0.05, 0.1) is 21.6 Å². The molecule has 2 aromatic heterocycles. The molecule has 1 aromatic carbocycles. The molecule has 0 saturated carbocycles. The zero-order chi connectivity index (χ0) is 19.9. The van der Waals surface area contributed by atoms with Gasteiger partial charge in [0.25, 0.3) is 12.0 Å². The van der Waals surface area contributed by atoms with Crippen LogP contribution in [0.3, 0.4) is 0 Å². The van der Waals surface area contributed by atoms with Crippen molar-refractivity contribution in [3.63, 3.8) is 0 Å². The Morgan fingerprint density at radius 2 is 1.89 bits per heavy atom. The Balaban J connectivity index is 2.10. The molecule has 0 spiro atoms. The third-order valence-electron chi connectivity index (χ3n) is 4.26. The standard InChI is InChI=1S/C18H16BrF3N4O/c1-8(10-5-4-6-11(14(10)20)16(21)22)23-17-12-7-13(19)26(3)18(27)15(12)24-9(2)25-17/h4-8,16H,1-3H3,(H,23,24,25)/t8-/m1/s1. The molecule has 1 N–H and O–H groups in total. The van der Waals surface area contributed by atoms with Gasteiger partial charge >= 0.3 is 0 Å². The number of alkyl halides is 2. The van der Waals surface area contributed by atoms with Gasteiger partial charge in [-0.15, -0.1) is 0 Å². The van der Waals surface area contributed by atoms with Crippen LogP contribution in [0.25, 0.3) is 10.9 Å². The Kier molecular flexibility index (Phi) is 5.23. The second-order valence-corrected chi connectivity index (χ2v) is 6.94. The number of nitrogens with one attached hydrogen (secondary N) is 1.